The molecule has 0 radical (unpaired) electrons. The fraction of sp³-hybridized carbons (Fsp3) is 0.786. The number of nitrogens with two attached hydrogens (primary N) is 1. The number of nitrogen functional groups attached to an aromatic ring is 1. The number of hydrogen-bond acceptors (Lipinski definition) is 4. The molecule has 0 aliphatic heterocycles. The van der Waals surface area contributed by atoms with Crippen LogP contribution in [0.15, 0.2) is 0 Å². The van der Waals surface area contributed by atoms with Crippen molar-refractivity contribution < 1.29 is 4.74 Å². The maximum absolute atomic E-state index is 6.22. The van der Waals surface area contributed by atoms with E-state index in [0.29, 0.717) is 12.5 Å². The molecule has 1 aromatic rings. The van der Waals surface area contributed by atoms with Gasteiger partial charge in [-0.2, -0.15) is 5.10 Å². The molecule has 0 aliphatic carbocycles. The molecule has 0 bridgehead atoms. The molecule has 5 heteroatoms. The number of aromatic nitrogens is 2. The van der Waals surface area contributed by atoms with Crippen molar-refractivity contribution >= 4 is 11.5 Å². The molecule has 1 rings (SSSR count). The van der Waals surface area contributed by atoms with Crippen molar-refractivity contribution in [2.75, 3.05) is 37.4 Å². The van der Waals surface area contributed by atoms with Crippen LogP contribution < -0.4 is 10.6 Å². The van der Waals surface area contributed by atoms with E-state index in [1.165, 1.54) is 0 Å². The molecule has 0 saturated carbocycles. The molecule has 0 fully saturated rings. The van der Waals surface area contributed by atoms with Gasteiger partial charge < -0.3 is 15.4 Å². The van der Waals surface area contributed by atoms with E-state index in [1.807, 2.05) is 11.6 Å². The minimum Gasteiger partial charge on any atom is -0.394 e. The highest BCUT2D eigenvalue weighted by molar-refractivity contribution is 5.66. The summed E-state index contributed by atoms with van der Waals surface area (Å²) in [5.74, 6) is 1.62. The molecule has 0 unspecified atom stereocenters. The number of rotatable bonds is 8. The SMILES string of the molecule is CCCn1nc(C)c(N)c1N(CCOC)CC(C)C. The highest BCUT2D eigenvalue weighted by Gasteiger charge is 2.19. The Labute approximate surface area is 116 Å². The maximum atomic E-state index is 6.22. The summed E-state index contributed by atoms with van der Waals surface area (Å²) in [5, 5.41) is 4.55. The second-order valence-corrected chi connectivity index (χ2v) is 5.38. The van der Waals surface area contributed by atoms with Gasteiger partial charge in [0.15, 0.2) is 5.82 Å². The molecule has 0 aliphatic rings. The van der Waals surface area contributed by atoms with Crippen LogP contribution in [0.4, 0.5) is 11.5 Å². The van der Waals surface area contributed by atoms with Crippen molar-refractivity contribution in [1.29, 1.82) is 0 Å². The van der Waals surface area contributed by atoms with Gasteiger partial charge >= 0.3 is 0 Å². The Morgan fingerprint density at radius 1 is 1.42 bits per heavy atom. The highest BCUT2D eigenvalue weighted by atomic mass is 16.5. The van der Waals surface area contributed by atoms with Gasteiger partial charge in [0.05, 0.1) is 18.0 Å². The van der Waals surface area contributed by atoms with E-state index in [2.05, 4.69) is 30.8 Å². The second-order valence-electron chi connectivity index (χ2n) is 5.38. The van der Waals surface area contributed by atoms with E-state index in [1.54, 1.807) is 7.11 Å². The predicted molar refractivity (Wildman–Crippen MR) is 80.6 cm³/mol. The zero-order valence-corrected chi connectivity index (χ0v) is 12.9. The van der Waals surface area contributed by atoms with Crippen LogP contribution in [-0.4, -0.2) is 36.6 Å². The molecule has 0 spiro atoms. The van der Waals surface area contributed by atoms with Crippen LogP contribution in [0.25, 0.3) is 0 Å². The first-order valence-electron chi connectivity index (χ1n) is 7.08. The molecule has 1 aromatic heterocycles. The highest BCUT2D eigenvalue weighted by Crippen LogP contribution is 2.27. The lowest BCUT2D eigenvalue weighted by Crippen LogP contribution is -2.33. The van der Waals surface area contributed by atoms with E-state index in [0.717, 1.165) is 43.3 Å². The molecular weight excluding hydrogens is 240 g/mol. The van der Waals surface area contributed by atoms with Crippen molar-refractivity contribution in [1.82, 2.24) is 9.78 Å². The summed E-state index contributed by atoms with van der Waals surface area (Å²) in [6.07, 6.45) is 1.05. The Morgan fingerprint density at radius 2 is 2.11 bits per heavy atom. The first-order chi connectivity index (χ1) is 9.01. The topological polar surface area (TPSA) is 56.3 Å². The van der Waals surface area contributed by atoms with Gasteiger partial charge in [-0.05, 0) is 19.3 Å². The van der Waals surface area contributed by atoms with Crippen LogP contribution in [0.2, 0.25) is 0 Å². The molecule has 0 amide bonds. The quantitative estimate of drug-likeness (QED) is 0.786. The number of aryl methyl sites for hydroxylation is 2. The molecule has 0 aromatic carbocycles. The lowest BCUT2D eigenvalue weighted by atomic mass is 10.2. The van der Waals surface area contributed by atoms with E-state index >= 15 is 0 Å². The smallest absolute Gasteiger partial charge is 0.150 e. The number of hydrogen-bond donors (Lipinski definition) is 1. The van der Waals surface area contributed by atoms with Crippen LogP contribution in [0.3, 0.4) is 0 Å². The summed E-state index contributed by atoms with van der Waals surface area (Å²) < 4.78 is 7.24. The molecule has 110 valence electrons. The fourth-order valence-corrected chi connectivity index (χ4v) is 2.21. The summed E-state index contributed by atoms with van der Waals surface area (Å²) in [7, 11) is 1.73. The third kappa shape index (κ3) is 4.13. The largest absolute Gasteiger partial charge is 0.394 e. The molecule has 0 atom stereocenters. The fourth-order valence-electron chi connectivity index (χ4n) is 2.21. The molecule has 5 nitrogen and oxygen atoms in total. The van der Waals surface area contributed by atoms with Crippen LogP contribution in [-0.2, 0) is 11.3 Å². The van der Waals surface area contributed by atoms with E-state index < -0.39 is 0 Å². The van der Waals surface area contributed by atoms with Gasteiger partial charge in [-0.15, -0.1) is 0 Å². The van der Waals surface area contributed by atoms with Gasteiger partial charge in [0.25, 0.3) is 0 Å². The molecule has 1 heterocycles. The van der Waals surface area contributed by atoms with Crippen molar-refractivity contribution in [2.45, 2.75) is 40.7 Å². The Kier molecular flexibility index (Phi) is 6.15. The van der Waals surface area contributed by atoms with Gasteiger partial charge in [-0.3, -0.25) is 0 Å². The van der Waals surface area contributed by atoms with Gasteiger partial charge in [0, 0.05) is 26.7 Å². The van der Waals surface area contributed by atoms with Crippen molar-refractivity contribution in [3.05, 3.63) is 5.69 Å². The Hall–Kier alpha value is -1.23. The van der Waals surface area contributed by atoms with Crippen LogP contribution in [0, 0.1) is 12.8 Å². The van der Waals surface area contributed by atoms with E-state index in [-0.39, 0.29) is 0 Å². The first kappa shape index (κ1) is 15.8. The first-order valence-corrected chi connectivity index (χ1v) is 7.08. The van der Waals surface area contributed by atoms with E-state index in [4.69, 9.17) is 10.5 Å². The lowest BCUT2D eigenvalue weighted by molar-refractivity contribution is 0.204. The molecule has 0 saturated heterocycles. The monoisotopic (exact) mass is 268 g/mol. The van der Waals surface area contributed by atoms with Crippen molar-refractivity contribution in [2.24, 2.45) is 5.92 Å². The van der Waals surface area contributed by atoms with Gasteiger partial charge in [-0.25, -0.2) is 4.68 Å². The summed E-state index contributed by atoms with van der Waals surface area (Å²) in [4.78, 5) is 2.29. The third-order valence-corrected chi connectivity index (χ3v) is 3.03. The molecular formula is C14H28N4O. The predicted octanol–water partition coefficient (Wildman–Crippen LogP) is 2.29. The lowest BCUT2D eigenvalue weighted by Gasteiger charge is -2.27. The van der Waals surface area contributed by atoms with Crippen LogP contribution in [0.5, 0.6) is 0 Å². The Bertz CT molecular complexity index is 387. The molecule has 2 N–H and O–H groups in total. The third-order valence-electron chi connectivity index (χ3n) is 3.03. The van der Waals surface area contributed by atoms with Crippen molar-refractivity contribution in [3.8, 4) is 0 Å². The van der Waals surface area contributed by atoms with Crippen LogP contribution >= 0.6 is 0 Å². The second kappa shape index (κ2) is 7.38. The Balaban J connectivity index is 3.04. The summed E-state index contributed by atoms with van der Waals surface area (Å²) in [5.41, 5.74) is 7.92. The summed E-state index contributed by atoms with van der Waals surface area (Å²) >= 11 is 0. The zero-order valence-electron chi connectivity index (χ0n) is 12.9. The van der Waals surface area contributed by atoms with Gasteiger partial charge in [0.2, 0.25) is 0 Å². The average Bonchev–Trinajstić information content (AvgIpc) is 2.61. The number of nitrogens with zero attached hydrogens (tertiary/aromatic N) is 3. The summed E-state index contributed by atoms with van der Waals surface area (Å²) in [6.45, 7) is 11.9. The normalized spacial score (nSPS) is 11.3. The zero-order chi connectivity index (χ0) is 14.4. The van der Waals surface area contributed by atoms with Gasteiger partial charge in [-0.1, -0.05) is 20.8 Å². The molecule has 19 heavy (non-hydrogen) atoms. The number of anilines is 2. The minimum atomic E-state index is 0.571. The average molecular weight is 268 g/mol. The van der Waals surface area contributed by atoms with Crippen LogP contribution in [0.1, 0.15) is 32.9 Å². The van der Waals surface area contributed by atoms with Crippen molar-refractivity contribution in [3.63, 3.8) is 0 Å². The Morgan fingerprint density at radius 3 is 2.63 bits per heavy atom. The number of ether oxygens (including phenoxy) is 1. The summed E-state index contributed by atoms with van der Waals surface area (Å²) in [6, 6.07) is 0. The maximum Gasteiger partial charge on any atom is 0.150 e. The number of methoxy groups -OCH3 is 1. The standard InChI is InChI=1S/C14H28N4O/c1-6-7-18-14(13(15)12(4)16-18)17(8-9-19-5)10-11(2)3/h11H,6-10,15H2,1-5H3. The van der Waals surface area contributed by atoms with Gasteiger partial charge in [0.1, 0.15) is 0 Å². The van der Waals surface area contributed by atoms with E-state index in [9.17, 15) is 0 Å². The minimum absolute atomic E-state index is 0.571.